The summed E-state index contributed by atoms with van der Waals surface area (Å²) in [6.45, 7) is 0. The second-order valence-corrected chi connectivity index (χ2v) is 5.27. The predicted molar refractivity (Wildman–Crippen MR) is 86.6 cm³/mol. The Morgan fingerprint density at radius 3 is 2.38 bits per heavy atom. The van der Waals surface area contributed by atoms with Crippen molar-refractivity contribution in [2.75, 3.05) is 0 Å². The van der Waals surface area contributed by atoms with Crippen molar-refractivity contribution in [3.63, 3.8) is 0 Å². The SMILES string of the molecule is N=C1C(=O)C(O)=C(N)c2c1cc1cccc(C(N)=O)c1c2C(N)=O. The van der Waals surface area contributed by atoms with Crippen molar-refractivity contribution in [1.82, 2.24) is 0 Å². The first-order chi connectivity index (χ1) is 11.3. The first-order valence-corrected chi connectivity index (χ1v) is 6.77. The van der Waals surface area contributed by atoms with Crippen LogP contribution in [0.2, 0.25) is 0 Å². The molecule has 1 aliphatic carbocycles. The van der Waals surface area contributed by atoms with Crippen molar-refractivity contribution in [3.8, 4) is 0 Å². The lowest BCUT2D eigenvalue weighted by molar-refractivity contribution is -0.112. The van der Waals surface area contributed by atoms with E-state index >= 15 is 0 Å². The van der Waals surface area contributed by atoms with Crippen LogP contribution < -0.4 is 17.2 Å². The van der Waals surface area contributed by atoms with Gasteiger partial charge in [-0.05, 0) is 17.5 Å². The number of nitrogens with two attached hydrogens (primary N) is 3. The van der Waals surface area contributed by atoms with Crippen molar-refractivity contribution in [1.29, 1.82) is 5.41 Å². The summed E-state index contributed by atoms with van der Waals surface area (Å²) < 4.78 is 0. The Balaban J connectivity index is 2.63. The average molecular weight is 324 g/mol. The van der Waals surface area contributed by atoms with Gasteiger partial charge in [0.25, 0.3) is 0 Å². The Morgan fingerprint density at radius 2 is 1.79 bits per heavy atom. The fraction of sp³-hybridized carbons (Fsp3) is 0. The molecule has 2 amide bonds. The lowest BCUT2D eigenvalue weighted by atomic mass is 9.83. The minimum absolute atomic E-state index is 0.0415. The number of fused-ring (bicyclic) bond motifs is 2. The molecule has 0 saturated carbocycles. The zero-order valence-electron chi connectivity index (χ0n) is 12.2. The summed E-state index contributed by atoms with van der Waals surface area (Å²) in [7, 11) is 0. The molecule has 0 saturated heterocycles. The first kappa shape index (κ1) is 15.2. The molecule has 0 aliphatic heterocycles. The highest BCUT2D eigenvalue weighted by molar-refractivity contribution is 6.53. The summed E-state index contributed by atoms with van der Waals surface area (Å²) >= 11 is 0. The predicted octanol–water partition coefficient (Wildman–Crippen LogP) is 0.173. The maximum Gasteiger partial charge on any atom is 0.250 e. The third kappa shape index (κ3) is 1.86. The van der Waals surface area contributed by atoms with Crippen LogP contribution in [-0.2, 0) is 4.79 Å². The molecule has 0 spiro atoms. The number of benzene rings is 2. The van der Waals surface area contributed by atoms with Crippen LogP contribution in [0.4, 0.5) is 0 Å². The normalized spacial score (nSPS) is 14.0. The van der Waals surface area contributed by atoms with Crippen molar-refractivity contribution >= 4 is 39.8 Å². The number of allylic oxidation sites excluding steroid dienone is 1. The fourth-order valence-corrected chi connectivity index (χ4v) is 2.87. The summed E-state index contributed by atoms with van der Waals surface area (Å²) in [5.41, 5.74) is 15.6. The molecule has 2 aromatic carbocycles. The molecule has 120 valence electrons. The number of carbonyl (C=O) groups is 3. The molecular weight excluding hydrogens is 312 g/mol. The van der Waals surface area contributed by atoms with Crippen LogP contribution in [0, 0.1) is 5.41 Å². The van der Waals surface area contributed by atoms with Crippen molar-refractivity contribution in [2.24, 2.45) is 17.2 Å². The van der Waals surface area contributed by atoms with E-state index < -0.39 is 29.1 Å². The van der Waals surface area contributed by atoms with Crippen LogP contribution in [-0.4, -0.2) is 28.4 Å². The molecule has 0 radical (unpaired) electrons. The van der Waals surface area contributed by atoms with E-state index in [0.717, 1.165) is 0 Å². The molecular formula is C16H12N4O4. The van der Waals surface area contributed by atoms with Crippen LogP contribution in [0.25, 0.3) is 16.5 Å². The molecule has 0 bridgehead atoms. The fourth-order valence-electron chi connectivity index (χ4n) is 2.87. The average Bonchev–Trinajstić information content (AvgIpc) is 2.55. The number of ketones is 1. The van der Waals surface area contributed by atoms with Gasteiger partial charge in [-0.3, -0.25) is 19.8 Å². The molecule has 0 unspecified atom stereocenters. The number of aliphatic hydroxyl groups is 1. The second kappa shape index (κ2) is 4.92. The molecule has 8 heteroatoms. The van der Waals surface area contributed by atoms with Gasteiger partial charge in [-0.1, -0.05) is 12.1 Å². The lowest BCUT2D eigenvalue weighted by Crippen LogP contribution is -2.30. The molecule has 24 heavy (non-hydrogen) atoms. The van der Waals surface area contributed by atoms with Crippen LogP contribution in [0.15, 0.2) is 30.0 Å². The highest BCUT2D eigenvalue weighted by atomic mass is 16.3. The Bertz CT molecular complexity index is 1020. The van der Waals surface area contributed by atoms with Crippen molar-refractivity contribution in [3.05, 3.63) is 52.3 Å². The van der Waals surface area contributed by atoms with E-state index in [9.17, 15) is 19.5 Å². The monoisotopic (exact) mass is 324 g/mol. The molecule has 3 rings (SSSR count). The van der Waals surface area contributed by atoms with E-state index in [1.807, 2.05) is 0 Å². The van der Waals surface area contributed by atoms with E-state index in [1.54, 1.807) is 12.1 Å². The zero-order chi connectivity index (χ0) is 17.8. The van der Waals surface area contributed by atoms with Gasteiger partial charge in [-0.15, -0.1) is 0 Å². The van der Waals surface area contributed by atoms with Gasteiger partial charge in [-0.2, -0.15) is 0 Å². The number of aliphatic hydroxyl groups excluding tert-OH is 1. The van der Waals surface area contributed by atoms with Gasteiger partial charge in [0.2, 0.25) is 17.6 Å². The first-order valence-electron chi connectivity index (χ1n) is 6.77. The molecule has 2 aromatic rings. The minimum Gasteiger partial charge on any atom is -0.503 e. The Labute approximate surface area is 135 Å². The van der Waals surface area contributed by atoms with Gasteiger partial charge in [0, 0.05) is 22.1 Å². The number of amides is 2. The van der Waals surface area contributed by atoms with E-state index in [0.29, 0.717) is 5.39 Å². The van der Waals surface area contributed by atoms with Gasteiger partial charge in [-0.25, -0.2) is 0 Å². The maximum atomic E-state index is 12.1. The van der Waals surface area contributed by atoms with Crippen molar-refractivity contribution in [2.45, 2.75) is 0 Å². The van der Waals surface area contributed by atoms with E-state index in [2.05, 4.69) is 0 Å². The summed E-state index contributed by atoms with van der Waals surface area (Å²) in [6, 6.07) is 5.98. The molecule has 0 fully saturated rings. The van der Waals surface area contributed by atoms with Crippen LogP contribution in [0.5, 0.6) is 0 Å². The number of hydrogen-bond donors (Lipinski definition) is 5. The molecule has 0 heterocycles. The minimum atomic E-state index is -0.958. The van der Waals surface area contributed by atoms with Gasteiger partial charge < -0.3 is 22.3 Å². The topological polar surface area (TPSA) is 173 Å². The van der Waals surface area contributed by atoms with Gasteiger partial charge >= 0.3 is 0 Å². The number of carbonyl (C=O) groups excluding carboxylic acids is 3. The van der Waals surface area contributed by atoms with E-state index in [1.165, 1.54) is 12.1 Å². The summed E-state index contributed by atoms with van der Waals surface area (Å²) in [5, 5.41) is 18.3. The maximum absolute atomic E-state index is 12.1. The summed E-state index contributed by atoms with van der Waals surface area (Å²) in [4.78, 5) is 35.6. The van der Waals surface area contributed by atoms with Crippen LogP contribution >= 0.6 is 0 Å². The third-order valence-corrected chi connectivity index (χ3v) is 3.91. The zero-order valence-corrected chi connectivity index (χ0v) is 12.2. The Morgan fingerprint density at radius 1 is 1.12 bits per heavy atom. The quantitative estimate of drug-likeness (QED) is 0.528. The van der Waals surface area contributed by atoms with Crippen LogP contribution in [0.3, 0.4) is 0 Å². The van der Waals surface area contributed by atoms with E-state index in [-0.39, 0.29) is 33.3 Å². The van der Waals surface area contributed by atoms with Gasteiger partial charge in [0.05, 0.1) is 11.3 Å². The molecule has 0 atom stereocenters. The van der Waals surface area contributed by atoms with Gasteiger partial charge in [0.1, 0.15) is 5.71 Å². The highest BCUT2D eigenvalue weighted by Gasteiger charge is 2.33. The molecule has 8 N–H and O–H groups in total. The number of nitrogens with one attached hydrogen (secondary N) is 1. The summed E-state index contributed by atoms with van der Waals surface area (Å²) in [6.07, 6.45) is 0. The van der Waals surface area contributed by atoms with E-state index in [4.69, 9.17) is 22.6 Å². The van der Waals surface area contributed by atoms with Crippen LogP contribution in [0.1, 0.15) is 31.8 Å². The molecule has 1 aliphatic rings. The third-order valence-electron chi connectivity index (χ3n) is 3.91. The smallest absolute Gasteiger partial charge is 0.250 e. The van der Waals surface area contributed by atoms with Gasteiger partial charge in [0.15, 0.2) is 5.76 Å². The lowest BCUT2D eigenvalue weighted by Gasteiger charge is -2.22. The Kier molecular flexibility index (Phi) is 3.12. The number of primary amides is 2. The molecule has 0 aromatic heterocycles. The second-order valence-electron chi connectivity index (χ2n) is 5.27. The Hall–Kier alpha value is -3.68. The number of hydrogen-bond acceptors (Lipinski definition) is 6. The largest absolute Gasteiger partial charge is 0.503 e. The van der Waals surface area contributed by atoms with Crippen molar-refractivity contribution < 1.29 is 19.5 Å². The highest BCUT2D eigenvalue weighted by Crippen LogP contribution is 2.35. The number of Topliss-reactive ketones (excluding diaryl/α,β-unsaturated/α-hetero) is 1. The number of rotatable bonds is 2. The molecule has 8 nitrogen and oxygen atoms in total. The summed E-state index contributed by atoms with van der Waals surface area (Å²) in [5.74, 6) is -3.51. The standard InChI is InChI=1S/C16H12N4O4/c17-11-7-4-5-2-1-3-6(15(19)23)8(5)10(16(20)24)9(7)12(18)14(22)13(11)21/h1-4,17,22H,18H2,(H2,19,23)(H2,20,24).